The quantitative estimate of drug-likeness (QED) is 0.614. The Bertz CT molecular complexity index is 560. The smallest absolute Gasteiger partial charge is 0.305 e. The number of nitrogen functional groups attached to an aromatic ring is 1. The second-order valence-electron chi connectivity index (χ2n) is 3.84. The number of sulfonamides is 1. The van der Waals surface area contributed by atoms with Crippen molar-refractivity contribution in [2.24, 2.45) is 0 Å². The molecule has 0 spiro atoms. The molecule has 0 saturated heterocycles. The molecule has 0 heterocycles. The van der Waals surface area contributed by atoms with Gasteiger partial charge in [-0.25, -0.2) is 8.42 Å². The largest absolute Gasteiger partial charge is 0.469 e. The molecule has 3 N–H and O–H groups in total. The molecule has 0 amide bonds. The van der Waals surface area contributed by atoms with Gasteiger partial charge in [-0.2, -0.15) is 0 Å². The van der Waals surface area contributed by atoms with Crippen molar-refractivity contribution in [3.63, 3.8) is 0 Å². The Morgan fingerprint density at radius 3 is 2.74 bits per heavy atom. The van der Waals surface area contributed by atoms with Crippen molar-refractivity contribution in [1.82, 2.24) is 0 Å². The first-order valence-corrected chi connectivity index (χ1v) is 7.49. The molecule has 0 aromatic heterocycles. The summed E-state index contributed by atoms with van der Waals surface area (Å²) >= 11 is 5.86. The molecule has 0 aliphatic carbocycles. The van der Waals surface area contributed by atoms with Crippen LogP contribution < -0.4 is 10.5 Å². The molecule has 0 radical (unpaired) electrons. The molecule has 8 heteroatoms. The van der Waals surface area contributed by atoms with Gasteiger partial charge in [-0.05, 0) is 24.6 Å². The number of anilines is 2. The van der Waals surface area contributed by atoms with E-state index in [1.807, 2.05) is 0 Å². The minimum atomic E-state index is -3.56. The van der Waals surface area contributed by atoms with Gasteiger partial charge in [0, 0.05) is 12.1 Å². The van der Waals surface area contributed by atoms with Crippen LogP contribution in [0.3, 0.4) is 0 Å². The Labute approximate surface area is 116 Å². The van der Waals surface area contributed by atoms with E-state index in [1.165, 1.54) is 25.3 Å². The Morgan fingerprint density at radius 2 is 2.16 bits per heavy atom. The third-order valence-corrected chi connectivity index (χ3v) is 3.95. The highest BCUT2D eigenvalue weighted by atomic mass is 35.5. The van der Waals surface area contributed by atoms with Gasteiger partial charge in [0.05, 0.1) is 23.6 Å². The number of methoxy groups -OCH3 is 1. The summed E-state index contributed by atoms with van der Waals surface area (Å²) in [5.74, 6) is -0.635. The number of nitrogens with one attached hydrogen (secondary N) is 1. The minimum Gasteiger partial charge on any atom is -0.469 e. The third-order valence-electron chi connectivity index (χ3n) is 2.28. The van der Waals surface area contributed by atoms with Crippen LogP contribution in [-0.4, -0.2) is 27.2 Å². The number of ether oxygens (including phenoxy) is 1. The van der Waals surface area contributed by atoms with Crippen LogP contribution in [0.4, 0.5) is 11.4 Å². The maximum Gasteiger partial charge on any atom is 0.305 e. The lowest BCUT2D eigenvalue weighted by molar-refractivity contribution is -0.140. The van der Waals surface area contributed by atoms with Crippen LogP contribution in [-0.2, 0) is 19.6 Å². The fraction of sp³-hybridized carbons (Fsp3) is 0.364. The fourth-order valence-electron chi connectivity index (χ4n) is 1.34. The highest BCUT2D eigenvalue weighted by Gasteiger charge is 2.13. The van der Waals surface area contributed by atoms with Crippen LogP contribution in [0, 0.1) is 0 Å². The summed E-state index contributed by atoms with van der Waals surface area (Å²) in [5.41, 5.74) is 6.21. The Balaban J connectivity index is 2.61. The van der Waals surface area contributed by atoms with Crippen molar-refractivity contribution in [1.29, 1.82) is 0 Å². The first kappa shape index (κ1) is 15.6. The Kier molecular flexibility index (Phi) is 5.44. The molecular formula is C11H15ClN2O4S. The summed E-state index contributed by atoms with van der Waals surface area (Å²) in [4.78, 5) is 10.9. The van der Waals surface area contributed by atoms with Gasteiger partial charge in [-0.3, -0.25) is 9.52 Å². The van der Waals surface area contributed by atoms with Gasteiger partial charge in [0.15, 0.2) is 0 Å². The van der Waals surface area contributed by atoms with Crippen molar-refractivity contribution >= 4 is 39.0 Å². The molecule has 0 fully saturated rings. The molecule has 106 valence electrons. The topological polar surface area (TPSA) is 98.5 Å². The van der Waals surface area contributed by atoms with Crippen molar-refractivity contribution in [2.45, 2.75) is 12.8 Å². The van der Waals surface area contributed by atoms with Gasteiger partial charge in [-0.15, -0.1) is 0 Å². The Hall–Kier alpha value is -1.47. The number of rotatable bonds is 6. The number of nitrogens with two attached hydrogens (primary N) is 1. The monoisotopic (exact) mass is 306 g/mol. The summed E-state index contributed by atoms with van der Waals surface area (Å²) in [6.07, 6.45) is 0.224. The van der Waals surface area contributed by atoms with E-state index in [4.69, 9.17) is 17.3 Å². The number of carbonyl (C=O) groups excluding carboxylic acids is 1. The Morgan fingerprint density at radius 1 is 1.47 bits per heavy atom. The highest BCUT2D eigenvalue weighted by molar-refractivity contribution is 7.92. The lowest BCUT2D eigenvalue weighted by atomic mass is 10.3. The van der Waals surface area contributed by atoms with Crippen LogP contribution in [0.5, 0.6) is 0 Å². The normalized spacial score (nSPS) is 11.1. The number of hydrogen-bond acceptors (Lipinski definition) is 5. The fourth-order valence-corrected chi connectivity index (χ4v) is 2.77. The molecule has 1 aromatic rings. The van der Waals surface area contributed by atoms with Crippen molar-refractivity contribution < 1.29 is 17.9 Å². The molecule has 1 aromatic carbocycles. The van der Waals surface area contributed by atoms with E-state index in [0.29, 0.717) is 5.69 Å². The van der Waals surface area contributed by atoms with Gasteiger partial charge in [0.25, 0.3) is 0 Å². The lowest BCUT2D eigenvalue weighted by Crippen LogP contribution is -2.18. The molecule has 0 aliphatic rings. The molecule has 19 heavy (non-hydrogen) atoms. The second kappa shape index (κ2) is 6.63. The molecule has 0 saturated carbocycles. The maximum absolute atomic E-state index is 11.8. The average Bonchev–Trinajstić information content (AvgIpc) is 2.32. The van der Waals surface area contributed by atoms with Gasteiger partial charge < -0.3 is 10.5 Å². The van der Waals surface area contributed by atoms with Crippen LogP contribution in [0.25, 0.3) is 0 Å². The molecular weight excluding hydrogens is 292 g/mol. The average molecular weight is 307 g/mol. The van der Waals surface area contributed by atoms with Gasteiger partial charge in [0.1, 0.15) is 0 Å². The van der Waals surface area contributed by atoms with Crippen LogP contribution in [0.2, 0.25) is 5.02 Å². The summed E-state index contributed by atoms with van der Waals surface area (Å²) < 4.78 is 30.3. The summed E-state index contributed by atoms with van der Waals surface area (Å²) in [6, 6.07) is 4.47. The number of benzene rings is 1. The number of halogens is 1. The summed E-state index contributed by atoms with van der Waals surface area (Å²) in [5, 5.41) is 0.219. The van der Waals surface area contributed by atoms with Crippen LogP contribution >= 0.6 is 11.6 Å². The molecule has 0 atom stereocenters. The predicted molar refractivity (Wildman–Crippen MR) is 74.5 cm³/mol. The van der Waals surface area contributed by atoms with E-state index in [2.05, 4.69) is 9.46 Å². The number of esters is 1. The van der Waals surface area contributed by atoms with Crippen molar-refractivity contribution in [2.75, 3.05) is 23.3 Å². The third kappa shape index (κ3) is 5.35. The standard InChI is InChI=1S/C11H15ClN2O4S/c1-18-11(15)3-2-6-19(16,17)14-10-5-4-8(13)7-9(10)12/h4-5,7,14H,2-3,6,13H2,1H3. The number of carbonyl (C=O) groups is 1. The van der Waals surface area contributed by atoms with E-state index in [0.717, 1.165) is 0 Å². The SMILES string of the molecule is COC(=O)CCCS(=O)(=O)Nc1ccc(N)cc1Cl. The zero-order valence-electron chi connectivity index (χ0n) is 10.3. The zero-order valence-corrected chi connectivity index (χ0v) is 11.9. The maximum atomic E-state index is 11.8. The first-order valence-electron chi connectivity index (χ1n) is 5.46. The predicted octanol–water partition coefficient (Wildman–Crippen LogP) is 1.62. The van der Waals surface area contributed by atoms with Gasteiger partial charge in [0.2, 0.25) is 10.0 Å². The van der Waals surface area contributed by atoms with Gasteiger partial charge in [-0.1, -0.05) is 11.6 Å². The molecule has 0 unspecified atom stereocenters. The zero-order chi connectivity index (χ0) is 14.5. The van der Waals surface area contributed by atoms with E-state index >= 15 is 0 Å². The van der Waals surface area contributed by atoms with Crippen molar-refractivity contribution in [3.05, 3.63) is 23.2 Å². The van der Waals surface area contributed by atoms with Crippen molar-refractivity contribution in [3.8, 4) is 0 Å². The molecule has 6 nitrogen and oxygen atoms in total. The summed E-state index contributed by atoms with van der Waals surface area (Å²) in [7, 11) is -2.30. The van der Waals surface area contributed by atoms with E-state index in [-0.39, 0.29) is 29.3 Å². The van der Waals surface area contributed by atoms with E-state index < -0.39 is 16.0 Å². The van der Waals surface area contributed by atoms with Crippen LogP contribution in [0.15, 0.2) is 18.2 Å². The lowest BCUT2D eigenvalue weighted by Gasteiger charge is -2.09. The second-order valence-corrected chi connectivity index (χ2v) is 6.09. The van der Waals surface area contributed by atoms with E-state index in [1.54, 1.807) is 0 Å². The summed E-state index contributed by atoms with van der Waals surface area (Å²) in [6.45, 7) is 0. The van der Waals surface area contributed by atoms with E-state index in [9.17, 15) is 13.2 Å². The van der Waals surface area contributed by atoms with Gasteiger partial charge >= 0.3 is 5.97 Å². The first-order chi connectivity index (χ1) is 8.84. The minimum absolute atomic E-state index is 0.0485. The molecule has 0 aliphatic heterocycles. The molecule has 0 bridgehead atoms. The molecule has 1 rings (SSSR count). The highest BCUT2D eigenvalue weighted by Crippen LogP contribution is 2.25. The number of hydrogen-bond donors (Lipinski definition) is 2. The van der Waals surface area contributed by atoms with Crippen LogP contribution in [0.1, 0.15) is 12.8 Å².